The molecule has 1 fully saturated rings. The number of benzene rings is 1. The largest absolute Gasteiger partial charge is 0.492 e. The molecule has 1 aromatic carbocycles. The van der Waals surface area contributed by atoms with E-state index in [4.69, 9.17) is 10.5 Å². The highest BCUT2D eigenvalue weighted by molar-refractivity contribution is 7.09. The number of nitrogens with zero attached hydrogens (tertiary/aromatic N) is 3. The van der Waals surface area contributed by atoms with Gasteiger partial charge in [-0.2, -0.15) is 0 Å². The lowest BCUT2D eigenvalue weighted by Gasteiger charge is -2.34. The zero-order chi connectivity index (χ0) is 17.5. The van der Waals surface area contributed by atoms with E-state index in [0.29, 0.717) is 18.8 Å². The number of hydrogen-bond acceptors (Lipinski definition) is 6. The lowest BCUT2D eigenvalue weighted by Crippen LogP contribution is -2.49. The molecule has 0 radical (unpaired) electrons. The van der Waals surface area contributed by atoms with Crippen molar-refractivity contribution in [1.82, 2.24) is 14.8 Å². The van der Waals surface area contributed by atoms with Gasteiger partial charge in [0.2, 0.25) is 0 Å². The molecule has 0 atom stereocenters. The highest BCUT2D eigenvalue weighted by Crippen LogP contribution is 2.14. The lowest BCUT2D eigenvalue weighted by molar-refractivity contribution is 0.0615. The van der Waals surface area contributed by atoms with Crippen LogP contribution in [0.15, 0.2) is 35.7 Å². The molecule has 0 unspecified atom stereocenters. The molecule has 9 heteroatoms. The molecule has 150 valence electrons. The zero-order valence-corrected chi connectivity index (χ0v) is 17.5. The average Bonchev–Trinajstić information content (AvgIpc) is 3.12. The minimum absolute atomic E-state index is 0. The van der Waals surface area contributed by atoms with E-state index in [1.807, 2.05) is 40.6 Å². The number of carbonyl (C=O) groups is 1. The number of para-hydroxylation sites is 1. The maximum absolute atomic E-state index is 12.5. The fourth-order valence-corrected chi connectivity index (χ4v) is 3.58. The van der Waals surface area contributed by atoms with Crippen molar-refractivity contribution < 1.29 is 9.53 Å². The molecule has 0 spiro atoms. The fraction of sp³-hybridized carbons (Fsp3) is 0.444. The second kappa shape index (κ2) is 12.2. The van der Waals surface area contributed by atoms with E-state index in [1.54, 1.807) is 0 Å². The van der Waals surface area contributed by atoms with Crippen LogP contribution in [-0.4, -0.2) is 66.6 Å². The van der Waals surface area contributed by atoms with Gasteiger partial charge in [-0.25, -0.2) is 4.98 Å². The molecule has 0 aliphatic carbocycles. The van der Waals surface area contributed by atoms with Gasteiger partial charge < -0.3 is 15.4 Å². The molecule has 6 nitrogen and oxygen atoms in total. The Hall–Kier alpha value is -1.38. The van der Waals surface area contributed by atoms with Crippen LogP contribution in [0.3, 0.4) is 0 Å². The van der Waals surface area contributed by atoms with E-state index in [-0.39, 0.29) is 30.7 Å². The monoisotopic (exact) mass is 432 g/mol. The predicted molar refractivity (Wildman–Crippen MR) is 114 cm³/mol. The van der Waals surface area contributed by atoms with Crippen LogP contribution in [0.1, 0.15) is 15.5 Å². The Kier molecular flexibility index (Phi) is 10.6. The second-order valence-corrected chi connectivity index (χ2v) is 6.90. The first-order chi connectivity index (χ1) is 12.3. The average molecular weight is 433 g/mol. The number of halogens is 2. The Bertz CT molecular complexity index is 679. The van der Waals surface area contributed by atoms with Crippen LogP contribution in [0, 0.1) is 0 Å². The van der Waals surface area contributed by atoms with Crippen molar-refractivity contribution in [2.24, 2.45) is 5.73 Å². The van der Waals surface area contributed by atoms with Crippen LogP contribution in [0.5, 0.6) is 5.75 Å². The topological polar surface area (TPSA) is 71.7 Å². The van der Waals surface area contributed by atoms with Crippen LogP contribution >= 0.6 is 36.2 Å². The molecule has 1 amide bonds. The van der Waals surface area contributed by atoms with Crippen LogP contribution in [0.4, 0.5) is 0 Å². The number of thiazole rings is 1. The SMILES string of the molecule is Cl.Cl.NCCc1nc(C(=O)N2CCN(CCOc3ccccc3)CC2)cs1. The van der Waals surface area contributed by atoms with Gasteiger partial charge in [-0.1, -0.05) is 18.2 Å². The van der Waals surface area contributed by atoms with Gasteiger partial charge in [0.05, 0.1) is 5.01 Å². The fourth-order valence-electron chi connectivity index (χ4n) is 2.79. The molecular formula is C18H26Cl2N4O2S. The summed E-state index contributed by atoms with van der Waals surface area (Å²) in [5.41, 5.74) is 6.09. The van der Waals surface area contributed by atoms with Gasteiger partial charge in [0.25, 0.3) is 5.91 Å². The Morgan fingerprint density at radius 2 is 1.85 bits per heavy atom. The molecule has 0 bridgehead atoms. The van der Waals surface area contributed by atoms with Crippen LogP contribution in [0.2, 0.25) is 0 Å². The minimum atomic E-state index is 0. The van der Waals surface area contributed by atoms with Crippen molar-refractivity contribution in [1.29, 1.82) is 0 Å². The van der Waals surface area contributed by atoms with E-state index in [2.05, 4.69) is 9.88 Å². The number of nitrogens with two attached hydrogens (primary N) is 1. The van der Waals surface area contributed by atoms with E-state index in [9.17, 15) is 4.79 Å². The van der Waals surface area contributed by atoms with Gasteiger partial charge in [0.1, 0.15) is 18.1 Å². The molecule has 2 N–H and O–H groups in total. The number of rotatable bonds is 7. The summed E-state index contributed by atoms with van der Waals surface area (Å²) < 4.78 is 5.74. The summed E-state index contributed by atoms with van der Waals surface area (Å²) in [5.74, 6) is 0.924. The minimum Gasteiger partial charge on any atom is -0.492 e. The normalized spacial score (nSPS) is 14.2. The summed E-state index contributed by atoms with van der Waals surface area (Å²) in [7, 11) is 0. The molecule has 1 aliphatic heterocycles. The van der Waals surface area contributed by atoms with Gasteiger partial charge in [-0.15, -0.1) is 36.2 Å². The number of carbonyl (C=O) groups excluding carboxylic acids is 1. The Morgan fingerprint density at radius 3 is 2.52 bits per heavy atom. The van der Waals surface area contributed by atoms with Crippen LogP contribution in [-0.2, 0) is 6.42 Å². The van der Waals surface area contributed by atoms with Gasteiger partial charge >= 0.3 is 0 Å². The van der Waals surface area contributed by atoms with E-state index < -0.39 is 0 Å². The number of hydrogen-bond donors (Lipinski definition) is 1. The summed E-state index contributed by atoms with van der Waals surface area (Å²) in [6, 6.07) is 9.84. The van der Waals surface area contributed by atoms with Crippen molar-refractivity contribution >= 4 is 42.1 Å². The van der Waals surface area contributed by atoms with Gasteiger partial charge in [-0.05, 0) is 18.7 Å². The third-order valence-corrected chi connectivity index (χ3v) is 5.12. The molecule has 0 saturated carbocycles. The predicted octanol–water partition coefficient (Wildman–Crippen LogP) is 2.32. The zero-order valence-electron chi connectivity index (χ0n) is 15.1. The summed E-state index contributed by atoms with van der Waals surface area (Å²) in [6.07, 6.45) is 0.729. The van der Waals surface area contributed by atoms with E-state index in [1.165, 1.54) is 11.3 Å². The quantitative estimate of drug-likeness (QED) is 0.726. The highest BCUT2D eigenvalue weighted by atomic mass is 35.5. The first kappa shape index (κ1) is 23.7. The van der Waals surface area contributed by atoms with Crippen molar-refractivity contribution in [3.8, 4) is 5.75 Å². The van der Waals surface area contributed by atoms with E-state index in [0.717, 1.165) is 49.9 Å². The third-order valence-electron chi connectivity index (χ3n) is 4.21. The Labute approximate surface area is 176 Å². The maximum Gasteiger partial charge on any atom is 0.273 e. The van der Waals surface area contributed by atoms with Crippen LogP contribution in [0.25, 0.3) is 0 Å². The highest BCUT2D eigenvalue weighted by Gasteiger charge is 2.23. The summed E-state index contributed by atoms with van der Waals surface area (Å²) >= 11 is 1.51. The Morgan fingerprint density at radius 1 is 1.15 bits per heavy atom. The maximum atomic E-state index is 12.5. The van der Waals surface area contributed by atoms with Crippen molar-refractivity contribution in [3.63, 3.8) is 0 Å². The third kappa shape index (κ3) is 6.93. The molecule has 3 rings (SSSR count). The summed E-state index contributed by atoms with van der Waals surface area (Å²) in [5, 5.41) is 2.77. The molecule has 1 saturated heterocycles. The van der Waals surface area contributed by atoms with Crippen molar-refractivity contribution in [2.45, 2.75) is 6.42 Å². The van der Waals surface area contributed by atoms with Gasteiger partial charge in [0, 0.05) is 44.5 Å². The molecule has 27 heavy (non-hydrogen) atoms. The van der Waals surface area contributed by atoms with Gasteiger partial charge in [-0.3, -0.25) is 9.69 Å². The van der Waals surface area contributed by atoms with Gasteiger partial charge in [0.15, 0.2) is 0 Å². The molecule has 1 aromatic heterocycles. The first-order valence-corrected chi connectivity index (χ1v) is 9.48. The van der Waals surface area contributed by atoms with Crippen molar-refractivity contribution in [2.75, 3.05) is 45.9 Å². The van der Waals surface area contributed by atoms with Crippen molar-refractivity contribution in [3.05, 3.63) is 46.4 Å². The lowest BCUT2D eigenvalue weighted by atomic mass is 10.3. The Balaban J connectivity index is 0.00000182. The standard InChI is InChI=1S/C18H24N4O2S.2ClH/c19-7-6-17-20-16(14-25-17)18(23)22-10-8-21(9-11-22)12-13-24-15-4-2-1-3-5-15;;/h1-5,14H,6-13,19H2;2*1H. The second-order valence-electron chi connectivity index (χ2n) is 5.96. The number of ether oxygens (including phenoxy) is 1. The summed E-state index contributed by atoms with van der Waals surface area (Å²) in [6.45, 7) is 5.28. The number of aromatic nitrogens is 1. The van der Waals surface area contributed by atoms with E-state index >= 15 is 0 Å². The summed E-state index contributed by atoms with van der Waals surface area (Å²) in [4.78, 5) is 21.1. The number of piperazine rings is 1. The van der Waals surface area contributed by atoms with Crippen LogP contribution < -0.4 is 10.5 Å². The first-order valence-electron chi connectivity index (χ1n) is 8.60. The smallest absolute Gasteiger partial charge is 0.273 e. The molecular weight excluding hydrogens is 407 g/mol. The number of amides is 1. The molecule has 2 heterocycles. The molecule has 1 aliphatic rings. The molecule has 2 aromatic rings.